The number of fused-ring (bicyclic) bond motifs is 1. The summed E-state index contributed by atoms with van der Waals surface area (Å²) in [5.41, 5.74) is 2.76. The van der Waals surface area contributed by atoms with Crippen LogP contribution in [0.4, 0.5) is 0 Å². The number of halogens is 1. The maximum absolute atomic E-state index is 11.9. The highest BCUT2D eigenvalue weighted by Crippen LogP contribution is 2.30. The minimum Gasteiger partial charge on any atom is -0.465 e. The highest BCUT2D eigenvalue weighted by atomic mass is 35.5. The van der Waals surface area contributed by atoms with Gasteiger partial charge >= 0.3 is 5.97 Å². The fourth-order valence-electron chi connectivity index (χ4n) is 2.26. The second kappa shape index (κ2) is 5.50. The van der Waals surface area contributed by atoms with Crippen LogP contribution in [0.5, 0.6) is 0 Å². The van der Waals surface area contributed by atoms with Crippen molar-refractivity contribution in [2.24, 2.45) is 0 Å². The van der Waals surface area contributed by atoms with Crippen molar-refractivity contribution in [3.63, 3.8) is 0 Å². The van der Waals surface area contributed by atoms with Gasteiger partial charge in [-0.2, -0.15) is 0 Å². The smallest absolute Gasteiger partial charge is 0.338 e. The molecule has 0 N–H and O–H groups in total. The van der Waals surface area contributed by atoms with Crippen LogP contribution < -0.4 is 0 Å². The second-order valence-corrected chi connectivity index (χ2v) is 4.76. The lowest BCUT2D eigenvalue weighted by Gasteiger charge is -2.10. The number of esters is 1. The Hall–Kier alpha value is -2.46. The molecule has 0 unspecified atom stereocenters. The fourth-order valence-corrected chi connectivity index (χ4v) is 2.39. The van der Waals surface area contributed by atoms with Gasteiger partial charge in [-0.1, -0.05) is 36.4 Å². The molecule has 2 aromatic carbocycles. The number of rotatable bonds is 2. The number of aromatic nitrogens is 2. The molecule has 0 fully saturated rings. The van der Waals surface area contributed by atoms with Gasteiger partial charge < -0.3 is 4.74 Å². The number of hydrogen-bond donors (Lipinski definition) is 0. The number of para-hydroxylation sites is 1. The summed E-state index contributed by atoms with van der Waals surface area (Å²) in [4.78, 5) is 20.2. The van der Waals surface area contributed by atoms with Gasteiger partial charge in [0.05, 0.1) is 18.2 Å². The molecule has 1 aromatic heterocycles. The highest BCUT2D eigenvalue weighted by Gasteiger charge is 2.15. The van der Waals surface area contributed by atoms with E-state index in [1.807, 2.05) is 30.3 Å². The summed E-state index contributed by atoms with van der Waals surface area (Å²) >= 11 is 5.89. The summed E-state index contributed by atoms with van der Waals surface area (Å²) in [5, 5.41) is 1.03. The summed E-state index contributed by atoms with van der Waals surface area (Å²) in [5.74, 6) is -0.386. The number of carbonyl (C=O) groups excluding carboxylic acids is 1. The molecule has 0 aliphatic rings. The van der Waals surface area contributed by atoms with E-state index in [1.165, 1.54) is 7.11 Å². The van der Waals surface area contributed by atoms with Crippen LogP contribution in [-0.2, 0) is 4.74 Å². The lowest BCUT2D eigenvalue weighted by atomic mass is 9.97. The van der Waals surface area contributed by atoms with E-state index in [1.54, 1.807) is 18.3 Å². The normalized spacial score (nSPS) is 10.6. The molecule has 0 radical (unpaired) electrons. The Morgan fingerprint density at radius 3 is 2.67 bits per heavy atom. The van der Waals surface area contributed by atoms with E-state index in [0.29, 0.717) is 11.1 Å². The third-order valence-electron chi connectivity index (χ3n) is 3.20. The SMILES string of the molecule is COC(=O)c1ccccc1-c1cccc2cnc(Cl)nc12. The molecule has 0 spiro atoms. The van der Waals surface area contributed by atoms with Crippen LogP contribution in [0.3, 0.4) is 0 Å². The van der Waals surface area contributed by atoms with E-state index in [-0.39, 0.29) is 11.3 Å². The Kier molecular flexibility index (Phi) is 3.54. The lowest BCUT2D eigenvalue weighted by Crippen LogP contribution is -2.03. The van der Waals surface area contributed by atoms with E-state index >= 15 is 0 Å². The lowest BCUT2D eigenvalue weighted by molar-refractivity contribution is 0.0601. The van der Waals surface area contributed by atoms with E-state index in [4.69, 9.17) is 16.3 Å². The van der Waals surface area contributed by atoms with Gasteiger partial charge in [0.15, 0.2) is 0 Å². The number of carbonyl (C=O) groups is 1. The second-order valence-electron chi connectivity index (χ2n) is 4.42. The zero-order valence-corrected chi connectivity index (χ0v) is 12.0. The summed E-state index contributed by atoms with van der Waals surface area (Å²) < 4.78 is 4.84. The van der Waals surface area contributed by atoms with Crippen molar-refractivity contribution in [1.82, 2.24) is 9.97 Å². The molecule has 104 valence electrons. The van der Waals surface area contributed by atoms with Gasteiger partial charge in [0.25, 0.3) is 0 Å². The average molecular weight is 299 g/mol. The third-order valence-corrected chi connectivity index (χ3v) is 3.39. The quantitative estimate of drug-likeness (QED) is 0.534. The molecule has 0 aliphatic carbocycles. The van der Waals surface area contributed by atoms with Gasteiger partial charge in [0, 0.05) is 17.1 Å². The Morgan fingerprint density at radius 2 is 1.86 bits per heavy atom. The van der Waals surface area contributed by atoms with Gasteiger partial charge in [0.1, 0.15) is 0 Å². The predicted octanol–water partition coefficient (Wildman–Crippen LogP) is 3.74. The number of hydrogen-bond acceptors (Lipinski definition) is 4. The molecular weight excluding hydrogens is 288 g/mol. The summed E-state index contributed by atoms with van der Waals surface area (Å²) in [6.45, 7) is 0. The van der Waals surface area contributed by atoms with Crippen molar-refractivity contribution in [1.29, 1.82) is 0 Å². The van der Waals surface area contributed by atoms with Crippen LogP contribution >= 0.6 is 11.6 Å². The van der Waals surface area contributed by atoms with Crippen LogP contribution in [0.2, 0.25) is 5.28 Å². The van der Waals surface area contributed by atoms with E-state index in [2.05, 4.69) is 9.97 Å². The predicted molar refractivity (Wildman–Crippen MR) is 81.3 cm³/mol. The van der Waals surface area contributed by atoms with Gasteiger partial charge in [0.2, 0.25) is 5.28 Å². The van der Waals surface area contributed by atoms with Crippen molar-refractivity contribution in [2.75, 3.05) is 7.11 Å². The van der Waals surface area contributed by atoms with Crippen LogP contribution in [-0.4, -0.2) is 23.0 Å². The van der Waals surface area contributed by atoms with Crippen LogP contribution in [0, 0.1) is 0 Å². The van der Waals surface area contributed by atoms with E-state index in [9.17, 15) is 4.79 Å². The van der Waals surface area contributed by atoms with Gasteiger partial charge in [-0.3, -0.25) is 0 Å². The van der Waals surface area contributed by atoms with Crippen molar-refractivity contribution in [2.45, 2.75) is 0 Å². The average Bonchev–Trinajstić information content (AvgIpc) is 2.53. The van der Waals surface area contributed by atoms with Crippen molar-refractivity contribution < 1.29 is 9.53 Å². The van der Waals surface area contributed by atoms with Crippen molar-refractivity contribution >= 4 is 28.5 Å². The Bertz CT molecular complexity index is 833. The molecule has 0 saturated carbocycles. The van der Waals surface area contributed by atoms with E-state index in [0.717, 1.165) is 16.5 Å². The van der Waals surface area contributed by atoms with E-state index < -0.39 is 0 Å². The summed E-state index contributed by atoms with van der Waals surface area (Å²) in [7, 11) is 1.36. The van der Waals surface area contributed by atoms with Crippen LogP contribution in [0.1, 0.15) is 10.4 Å². The monoisotopic (exact) mass is 298 g/mol. The zero-order chi connectivity index (χ0) is 14.8. The molecule has 0 bridgehead atoms. The minimum atomic E-state index is -0.386. The third kappa shape index (κ3) is 2.45. The maximum atomic E-state index is 11.9. The number of methoxy groups -OCH3 is 1. The van der Waals surface area contributed by atoms with Gasteiger partial charge in [-0.05, 0) is 23.2 Å². The van der Waals surface area contributed by atoms with Crippen LogP contribution in [0.25, 0.3) is 22.0 Å². The molecule has 0 atom stereocenters. The first kappa shape index (κ1) is 13.5. The first-order valence-electron chi connectivity index (χ1n) is 6.29. The Balaban J connectivity index is 2.31. The molecule has 21 heavy (non-hydrogen) atoms. The number of nitrogens with zero attached hydrogens (tertiary/aromatic N) is 2. The van der Waals surface area contributed by atoms with Crippen molar-refractivity contribution in [3.05, 3.63) is 59.5 Å². The van der Waals surface area contributed by atoms with Crippen molar-refractivity contribution in [3.8, 4) is 11.1 Å². The zero-order valence-electron chi connectivity index (χ0n) is 11.2. The molecular formula is C16H11ClN2O2. The maximum Gasteiger partial charge on any atom is 0.338 e. The molecule has 3 aromatic rings. The molecule has 3 rings (SSSR count). The fraction of sp³-hybridized carbons (Fsp3) is 0.0625. The largest absolute Gasteiger partial charge is 0.465 e. The number of ether oxygens (including phenoxy) is 1. The molecule has 4 nitrogen and oxygen atoms in total. The first-order valence-corrected chi connectivity index (χ1v) is 6.67. The topological polar surface area (TPSA) is 52.1 Å². The molecule has 1 heterocycles. The first-order chi connectivity index (χ1) is 10.2. The standard InChI is InChI=1S/C16H11ClN2O2/c1-21-15(20)13-7-3-2-6-11(13)12-8-4-5-10-9-18-16(17)19-14(10)12/h2-9H,1H3. The number of benzene rings is 2. The van der Waals surface area contributed by atoms with Gasteiger partial charge in [-0.25, -0.2) is 14.8 Å². The summed E-state index contributed by atoms with van der Waals surface area (Å²) in [6, 6.07) is 12.9. The molecule has 0 aliphatic heterocycles. The molecule has 0 saturated heterocycles. The summed E-state index contributed by atoms with van der Waals surface area (Å²) in [6.07, 6.45) is 1.66. The minimum absolute atomic E-state index is 0.172. The Labute approximate surface area is 126 Å². The van der Waals surface area contributed by atoms with Crippen LogP contribution in [0.15, 0.2) is 48.7 Å². The highest BCUT2D eigenvalue weighted by molar-refractivity contribution is 6.28. The molecule has 5 heteroatoms. The van der Waals surface area contributed by atoms with Gasteiger partial charge in [-0.15, -0.1) is 0 Å². The molecule has 0 amide bonds. The Morgan fingerprint density at radius 1 is 1.10 bits per heavy atom.